The van der Waals surface area contributed by atoms with E-state index in [-0.39, 0.29) is 0 Å². The Morgan fingerprint density at radius 2 is 2.33 bits per heavy atom. The van der Waals surface area contributed by atoms with Crippen molar-refractivity contribution < 1.29 is 14.6 Å². The van der Waals surface area contributed by atoms with Gasteiger partial charge in [0.05, 0.1) is 6.61 Å². The standard InChI is InChI=1S/C16H18ClNO3/c1-21-11-12-7-9-18(10-8-12)15-4-2-3-14(17)13(15)5-6-16(19)20/h2-7H,8-11H2,1H3,(H,19,20)/b6-5+. The molecule has 1 aromatic carbocycles. The first-order valence-electron chi connectivity index (χ1n) is 6.73. The third-order valence-corrected chi connectivity index (χ3v) is 3.73. The Morgan fingerprint density at radius 1 is 1.52 bits per heavy atom. The van der Waals surface area contributed by atoms with Crippen LogP contribution in [0.5, 0.6) is 0 Å². The zero-order valence-corrected chi connectivity index (χ0v) is 12.6. The molecule has 0 saturated carbocycles. The van der Waals surface area contributed by atoms with Crippen LogP contribution in [-0.2, 0) is 9.53 Å². The van der Waals surface area contributed by atoms with E-state index in [0.717, 1.165) is 36.8 Å². The van der Waals surface area contributed by atoms with Crippen LogP contribution in [0.25, 0.3) is 6.08 Å². The molecule has 112 valence electrons. The molecule has 4 nitrogen and oxygen atoms in total. The van der Waals surface area contributed by atoms with Crippen LogP contribution >= 0.6 is 11.6 Å². The molecule has 0 bridgehead atoms. The van der Waals surface area contributed by atoms with E-state index in [4.69, 9.17) is 21.4 Å². The van der Waals surface area contributed by atoms with Crippen molar-refractivity contribution in [2.45, 2.75) is 6.42 Å². The highest BCUT2D eigenvalue weighted by Gasteiger charge is 2.15. The Labute approximate surface area is 129 Å². The molecule has 0 radical (unpaired) electrons. The molecule has 0 spiro atoms. The summed E-state index contributed by atoms with van der Waals surface area (Å²) < 4.78 is 5.15. The summed E-state index contributed by atoms with van der Waals surface area (Å²) in [4.78, 5) is 12.9. The van der Waals surface area contributed by atoms with Gasteiger partial charge in [0.2, 0.25) is 0 Å². The van der Waals surface area contributed by atoms with Crippen molar-refractivity contribution in [2.24, 2.45) is 0 Å². The number of hydrogen-bond acceptors (Lipinski definition) is 3. The molecule has 0 unspecified atom stereocenters. The van der Waals surface area contributed by atoms with Crippen LogP contribution in [0.2, 0.25) is 5.02 Å². The van der Waals surface area contributed by atoms with Gasteiger partial charge in [0.25, 0.3) is 0 Å². The maximum Gasteiger partial charge on any atom is 0.328 e. The first-order valence-corrected chi connectivity index (χ1v) is 7.11. The van der Waals surface area contributed by atoms with Crippen LogP contribution in [0.3, 0.4) is 0 Å². The average molecular weight is 308 g/mol. The van der Waals surface area contributed by atoms with Crippen molar-refractivity contribution in [3.8, 4) is 0 Å². The Morgan fingerprint density at radius 3 is 2.95 bits per heavy atom. The SMILES string of the molecule is COCC1=CCN(c2cccc(Cl)c2/C=C/C(=O)O)CC1. The number of nitrogens with zero attached hydrogens (tertiary/aromatic N) is 1. The molecule has 1 aliphatic heterocycles. The average Bonchev–Trinajstić information content (AvgIpc) is 2.47. The minimum atomic E-state index is -0.984. The number of benzene rings is 1. The molecule has 0 fully saturated rings. The molecule has 2 rings (SSSR count). The quantitative estimate of drug-likeness (QED) is 0.670. The van der Waals surface area contributed by atoms with Crippen molar-refractivity contribution in [1.82, 2.24) is 0 Å². The van der Waals surface area contributed by atoms with E-state index in [1.54, 1.807) is 19.3 Å². The number of ether oxygens (including phenoxy) is 1. The van der Waals surface area contributed by atoms with Crippen molar-refractivity contribution in [1.29, 1.82) is 0 Å². The van der Waals surface area contributed by atoms with Crippen molar-refractivity contribution in [3.63, 3.8) is 0 Å². The van der Waals surface area contributed by atoms with Gasteiger partial charge in [-0.3, -0.25) is 0 Å². The Balaban J connectivity index is 2.24. The van der Waals surface area contributed by atoms with Gasteiger partial charge in [0.1, 0.15) is 0 Å². The maximum atomic E-state index is 10.7. The van der Waals surface area contributed by atoms with Gasteiger partial charge < -0.3 is 14.7 Å². The fourth-order valence-corrected chi connectivity index (χ4v) is 2.60. The van der Waals surface area contributed by atoms with E-state index in [1.807, 2.05) is 12.1 Å². The van der Waals surface area contributed by atoms with E-state index in [9.17, 15) is 4.79 Å². The molecule has 0 amide bonds. The van der Waals surface area contributed by atoms with E-state index >= 15 is 0 Å². The summed E-state index contributed by atoms with van der Waals surface area (Å²) in [5.74, 6) is -0.984. The summed E-state index contributed by atoms with van der Waals surface area (Å²) in [5, 5.41) is 9.35. The second-order valence-corrected chi connectivity index (χ2v) is 5.24. The van der Waals surface area contributed by atoms with Gasteiger partial charge in [0.15, 0.2) is 0 Å². The van der Waals surface area contributed by atoms with Gasteiger partial charge in [-0.1, -0.05) is 23.7 Å². The number of methoxy groups -OCH3 is 1. The molecular weight excluding hydrogens is 290 g/mol. The normalized spacial score (nSPS) is 15.3. The number of carbonyl (C=O) groups is 1. The number of halogens is 1. The highest BCUT2D eigenvalue weighted by molar-refractivity contribution is 6.32. The van der Waals surface area contributed by atoms with Crippen molar-refractivity contribution in [3.05, 3.63) is 46.5 Å². The monoisotopic (exact) mass is 307 g/mol. The van der Waals surface area contributed by atoms with Crippen molar-refractivity contribution >= 4 is 29.3 Å². The molecular formula is C16H18ClNO3. The maximum absolute atomic E-state index is 10.7. The fraction of sp³-hybridized carbons (Fsp3) is 0.312. The fourth-order valence-electron chi connectivity index (χ4n) is 2.37. The minimum Gasteiger partial charge on any atom is -0.478 e. The van der Waals surface area contributed by atoms with Crippen LogP contribution in [0, 0.1) is 0 Å². The highest BCUT2D eigenvalue weighted by Crippen LogP contribution is 2.30. The van der Waals surface area contributed by atoms with Gasteiger partial charge in [-0.15, -0.1) is 0 Å². The number of aliphatic carboxylic acids is 1. The lowest BCUT2D eigenvalue weighted by atomic mass is 10.1. The summed E-state index contributed by atoms with van der Waals surface area (Å²) in [5.41, 5.74) is 2.98. The third-order valence-electron chi connectivity index (χ3n) is 3.40. The van der Waals surface area contributed by atoms with E-state index in [0.29, 0.717) is 11.6 Å². The lowest BCUT2D eigenvalue weighted by Crippen LogP contribution is -2.29. The number of carboxylic acid groups (broad SMARTS) is 1. The van der Waals surface area contributed by atoms with E-state index < -0.39 is 5.97 Å². The van der Waals surface area contributed by atoms with Gasteiger partial charge >= 0.3 is 5.97 Å². The Kier molecular flexibility index (Phi) is 5.42. The molecule has 0 saturated heterocycles. The molecule has 21 heavy (non-hydrogen) atoms. The molecule has 0 aromatic heterocycles. The first kappa shape index (κ1) is 15.6. The summed E-state index contributed by atoms with van der Waals surface area (Å²) in [6, 6.07) is 5.61. The van der Waals surface area contributed by atoms with Crippen LogP contribution in [0.15, 0.2) is 35.9 Å². The molecule has 1 N–H and O–H groups in total. The van der Waals surface area contributed by atoms with Gasteiger partial charge in [-0.2, -0.15) is 0 Å². The predicted octanol–water partition coefficient (Wildman–Crippen LogP) is 3.22. The highest BCUT2D eigenvalue weighted by atomic mass is 35.5. The number of hydrogen-bond donors (Lipinski definition) is 1. The minimum absolute atomic E-state index is 0.552. The number of rotatable bonds is 5. The van der Waals surface area contributed by atoms with Crippen LogP contribution < -0.4 is 4.90 Å². The van der Waals surface area contributed by atoms with Gasteiger partial charge in [0, 0.05) is 42.5 Å². The Hall–Kier alpha value is -1.78. The van der Waals surface area contributed by atoms with E-state index in [2.05, 4.69) is 11.0 Å². The van der Waals surface area contributed by atoms with Crippen molar-refractivity contribution in [2.75, 3.05) is 31.7 Å². The largest absolute Gasteiger partial charge is 0.478 e. The lowest BCUT2D eigenvalue weighted by molar-refractivity contribution is -0.131. The zero-order valence-electron chi connectivity index (χ0n) is 11.9. The second-order valence-electron chi connectivity index (χ2n) is 4.84. The van der Waals surface area contributed by atoms with Crippen LogP contribution in [-0.4, -0.2) is 37.9 Å². The molecule has 5 heteroatoms. The summed E-state index contributed by atoms with van der Waals surface area (Å²) in [6.45, 7) is 2.30. The molecule has 0 atom stereocenters. The molecule has 1 aliphatic rings. The summed E-state index contributed by atoms with van der Waals surface area (Å²) in [6.07, 6.45) is 5.75. The smallest absolute Gasteiger partial charge is 0.328 e. The zero-order chi connectivity index (χ0) is 15.2. The Bertz CT molecular complexity index is 581. The van der Waals surface area contributed by atoms with Gasteiger partial charge in [-0.25, -0.2) is 4.79 Å². The van der Waals surface area contributed by atoms with Crippen LogP contribution in [0.4, 0.5) is 5.69 Å². The topological polar surface area (TPSA) is 49.8 Å². The van der Waals surface area contributed by atoms with Crippen LogP contribution in [0.1, 0.15) is 12.0 Å². The second kappa shape index (κ2) is 7.29. The molecule has 1 heterocycles. The number of anilines is 1. The third kappa shape index (κ3) is 4.09. The summed E-state index contributed by atoms with van der Waals surface area (Å²) in [7, 11) is 1.69. The molecule has 1 aromatic rings. The predicted molar refractivity (Wildman–Crippen MR) is 84.9 cm³/mol. The van der Waals surface area contributed by atoms with E-state index in [1.165, 1.54) is 5.57 Å². The van der Waals surface area contributed by atoms with Gasteiger partial charge in [-0.05, 0) is 30.2 Å². The summed E-state index contributed by atoms with van der Waals surface area (Å²) >= 11 is 6.20. The lowest BCUT2D eigenvalue weighted by Gasteiger charge is -2.30. The first-order chi connectivity index (χ1) is 10.1. The molecule has 0 aliphatic carbocycles. The number of carboxylic acids is 1.